The Morgan fingerprint density at radius 3 is 2.88 bits per heavy atom. The van der Waals surface area contributed by atoms with Crippen molar-refractivity contribution in [3.63, 3.8) is 0 Å². The fourth-order valence-corrected chi connectivity index (χ4v) is 4.05. The van der Waals surface area contributed by atoms with Gasteiger partial charge in [0.15, 0.2) is 9.84 Å². The second kappa shape index (κ2) is 4.14. The summed E-state index contributed by atoms with van der Waals surface area (Å²) in [6.45, 7) is 0. The highest BCUT2D eigenvalue weighted by molar-refractivity contribution is 7.91. The molecule has 0 N–H and O–H groups in total. The summed E-state index contributed by atoms with van der Waals surface area (Å²) in [5.74, 6) is 0.0366. The molecule has 0 spiro atoms. The predicted molar refractivity (Wildman–Crippen MR) is 61.3 cm³/mol. The lowest BCUT2D eigenvalue weighted by atomic mass is 10.2. The minimum absolute atomic E-state index is 0.0688. The van der Waals surface area contributed by atoms with Gasteiger partial charge in [0.05, 0.1) is 17.0 Å². The first-order valence-corrected chi connectivity index (χ1v) is 7.62. The van der Waals surface area contributed by atoms with Gasteiger partial charge in [0.1, 0.15) is 5.69 Å². The number of carbonyl (C=O) groups excluding carboxylic acids is 1. The van der Waals surface area contributed by atoms with Crippen LogP contribution in [-0.4, -0.2) is 48.8 Å². The molecule has 5 nitrogen and oxygen atoms in total. The van der Waals surface area contributed by atoms with Crippen molar-refractivity contribution in [2.45, 2.75) is 12.5 Å². The number of hydrogen-bond acceptors (Lipinski definition) is 5. The largest absolute Gasteiger partial charge is 0.336 e. The van der Waals surface area contributed by atoms with Crippen molar-refractivity contribution in [1.29, 1.82) is 0 Å². The molecule has 1 aromatic heterocycles. The fourth-order valence-electron chi connectivity index (χ4n) is 1.75. The van der Waals surface area contributed by atoms with Crippen LogP contribution in [0.5, 0.6) is 0 Å². The van der Waals surface area contributed by atoms with Crippen LogP contribution in [0.2, 0.25) is 0 Å². The molecule has 0 aliphatic carbocycles. The van der Waals surface area contributed by atoms with Crippen molar-refractivity contribution >= 4 is 27.1 Å². The van der Waals surface area contributed by atoms with E-state index in [1.807, 2.05) is 0 Å². The molecular formula is C9H12N2O3S2. The molecule has 1 aliphatic rings. The van der Waals surface area contributed by atoms with E-state index in [2.05, 4.69) is 4.98 Å². The van der Waals surface area contributed by atoms with Crippen molar-refractivity contribution < 1.29 is 13.2 Å². The summed E-state index contributed by atoms with van der Waals surface area (Å²) in [6, 6.07) is -0.209. The zero-order valence-electron chi connectivity index (χ0n) is 8.79. The third-order valence-electron chi connectivity index (χ3n) is 2.73. The summed E-state index contributed by atoms with van der Waals surface area (Å²) in [5.41, 5.74) is 1.98. The van der Waals surface area contributed by atoms with Crippen molar-refractivity contribution in [2.24, 2.45) is 0 Å². The Morgan fingerprint density at radius 2 is 2.38 bits per heavy atom. The number of sulfone groups is 1. The fraction of sp³-hybridized carbons (Fsp3) is 0.556. The van der Waals surface area contributed by atoms with E-state index >= 15 is 0 Å². The Kier molecular flexibility index (Phi) is 2.98. The molecule has 1 aromatic rings. The van der Waals surface area contributed by atoms with E-state index in [1.54, 1.807) is 17.9 Å². The van der Waals surface area contributed by atoms with E-state index in [0.717, 1.165) is 0 Å². The third kappa shape index (κ3) is 2.25. The molecule has 1 saturated heterocycles. The Morgan fingerprint density at radius 1 is 1.62 bits per heavy atom. The maximum atomic E-state index is 11.9. The average Bonchev–Trinajstić information content (AvgIpc) is 2.84. The molecule has 2 heterocycles. The summed E-state index contributed by atoms with van der Waals surface area (Å²) in [5, 5.41) is 1.67. The van der Waals surface area contributed by atoms with Crippen molar-refractivity contribution in [3.05, 3.63) is 16.6 Å². The number of hydrogen-bond donors (Lipinski definition) is 0. The molecule has 0 aromatic carbocycles. The molecule has 2 rings (SSSR count). The Balaban J connectivity index is 2.09. The lowest BCUT2D eigenvalue weighted by molar-refractivity contribution is 0.0742. The van der Waals surface area contributed by atoms with E-state index in [0.29, 0.717) is 12.1 Å². The summed E-state index contributed by atoms with van der Waals surface area (Å²) >= 11 is 1.35. The summed E-state index contributed by atoms with van der Waals surface area (Å²) in [7, 11) is -1.32. The van der Waals surface area contributed by atoms with Crippen LogP contribution in [0.15, 0.2) is 10.9 Å². The van der Waals surface area contributed by atoms with E-state index in [-0.39, 0.29) is 23.5 Å². The van der Waals surface area contributed by atoms with Crippen molar-refractivity contribution in [2.75, 3.05) is 18.6 Å². The van der Waals surface area contributed by atoms with Crippen LogP contribution in [0.25, 0.3) is 0 Å². The lowest BCUT2D eigenvalue weighted by Crippen LogP contribution is -2.37. The van der Waals surface area contributed by atoms with Crippen molar-refractivity contribution in [1.82, 2.24) is 9.88 Å². The topological polar surface area (TPSA) is 67.3 Å². The highest BCUT2D eigenvalue weighted by atomic mass is 32.2. The second-order valence-corrected chi connectivity index (χ2v) is 6.79. The van der Waals surface area contributed by atoms with Crippen LogP contribution in [0.1, 0.15) is 16.9 Å². The van der Waals surface area contributed by atoms with E-state index in [1.165, 1.54) is 16.2 Å². The van der Waals surface area contributed by atoms with Gasteiger partial charge in [-0.05, 0) is 6.42 Å². The van der Waals surface area contributed by atoms with Gasteiger partial charge in [0, 0.05) is 18.5 Å². The Hall–Kier alpha value is -0.950. The minimum atomic E-state index is -2.95. The molecule has 0 saturated carbocycles. The van der Waals surface area contributed by atoms with Gasteiger partial charge < -0.3 is 4.90 Å². The number of carbonyl (C=O) groups is 1. The molecule has 0 bridgehead atoms. The van der Waals surface area contributed by atoms with Crippen LogP contribution in [0.4, 0.5) is 0 Å². The number of rotatable bonds is 2. The number of amides is 1. The van der Waals surface area contributed by atoms with Gasteiger partial charge in [0.2, 0.25) is 0 Å². The molecule has 1 atom stereocenters. The smallest absolute Gasteiger partial charge is 0.273 e. The quantitative estimate of drug-likeness (QED) is 0.772. The molecule has 88 valence electrons. The predicted octanol–water partition coefficient (Wildman–Crippen LogP) is 0.402. The van der Waals surface area contributed by atoms with Gasteiger partial charge in [-0.2, -0.15) is 0 Å². The van der Waals surface area contributed by atoms with Gasteiger partial charge in [0.25, 0.3) is 5.91 Å². The van der Waals surface area contributed by atoms with E-state index < -0.39 is 9.84 Å². The zero-order valence-corrected chi connectivity index (χ0v) is 10.4. The molecule has 16 heavy (non-hydrogen) atoms. The van der Waals surface area contributed by atoms with E-state index in [9.17, 15) is 13.2 Å². The molecule has 0 radical (unpaired) electrons. The van der Waals surface area contributed by atoms with Crippen LogP contribution < -0.4 is 0 Å². The molecule has 7 heteroatoms. The summed E-state index contributed by atoms with van der Waals surface area (Å²) in [4.78, 5) is 17.3. The number of nitrogens with zero attached hydrogens (tertiary/aromatic N) is 2. The first-order chi connectivity index (χ1) is 7.49. The van der Waals surface area contributed by atoms with Crippen LogP contribution in [-0.2, 0) is 9.84 Å². The maximum absolute atomic E-state index is 11.9. The highest BCUT2D eigenvalue weighted by Crippen LogP contribution is 2.18. The van der Waals surface area contributed by atoms with Crippen LogP contribution in [0, 0.1) is 0 Å². The lowest BCUT2D eigenvalue weighted by Gasteiger charge is -2.22. The van der Waals surface area contributed by atoms with E-state index in [4.69, 9.17) is 0 Å². The minimum Gasteiger partial charge on any atom is -0.336 e. The van der Waals surface area contributed by atoms with Gasteiger partial charge in [-0.25, -0.2) is 13.4 Å². The first-order valence-electron chi connectivity index (χ1n) is 4.85. The Labute approximate surface area is 98.0 Å². The highest BCUT2D eigenvalue weighted by Gasteiger charge is 2.33. The molecular weight excluding hydrogens is 248 g/mol. The maximum Gasteiger partial charge on any atom is 0.273 e. The number of thiazole rings is 1. The SMILES string of the molecule is CN(C(=O)c1cscn1)C1CCS(=O)(=O)C1. The molecule has 1 amide bonds. The monoisotopic (exact) mass is 260 g/mol. The summed E-state index contributed by atoms with van der Waals surface area (Å²) in [6.07, 6.45) is 0.523. The first kappa shape index (κ1) is 11.5. The van der Waals surface area contributed by atoms with Gasteiger partial charge in [-0.1, -0.05) is 0 Å². The molecule has 1 fully saturated rings. The standard InChI is InChI=1S/C9H12N2O3S2/c1-11(7-2-3-16(13,14)5-7)9(12)8-4-15-6-10-8/h4,6-7H,2-3,5H2,1H3. The van der Waals surface area contributed by atoms with Gasteiger partial charge in [-0.15, -0.1) is 11.3 Å². The average molecular weight is 260 g/mol. The zero-order chi connectivity index (χ0) is 11.8. The van der Waals surface area contributed by atoms with Crippen LogP contribution >= 0.6 is 11.3 Å². The second-order valence-electron chi connectivity index (χ2n) is 3.85. The van der Waals surface area contributed by atoms with Gasteiger partial charge >= 0.3 is 0 Å². The third-order valence-corrected chi connectivity index (χ3v) is 5.06. The number of aromatic nitrogens is 1. The van der Waals surface area contributed by atoms with Crippen molar-refractivity contribution in [3.8, 4) is 0 Å². The molecule has 1 aliphatic heterocycles. The van der Waals surface area contributed by atoms with Crippen LogP contribution in [0.3, 0.4) is 0 Å². The van der Waals surface area contributed by atoms with Gasteiger partial charge in [-0.3, -0.25) is 4.79 Å². The summed E-state index contributed by atoms with van der Waals surface area (Å²) < 4.78 is 22.6. The molecule has 1 unspecified atom stereocenters. The normalized spacial score (nSPS) is 23.2. The Bertz CT molecular complexity index is 481.